The van der Waals surface area contributed by atoms with E-state index >= 15 is 0 Å². The van der Waals surface area contributed by atoms with Gasteiger partial charge >= 0.3 is 0 Å². The minimum absolute atomic E-state index is 0.0227. The zero-order valence-electron chi connectivity index (χ0n) is 9.63. The molecule has 0 atom stereocenters. The summed E-state index contributed by atoms with van der Waals surface area (Å²) in [6.45, 7) is 0.267. The van der Waals surface area contributed by atoms with E-state index in [0.717, 1.165) is 28.8 Å². The summed E-state index contributed by atoms with van der Waals surface area (Å²) in [5.41, 5.74) is 0.813. The molecule has 5 heteroatoms. The third kappa shape index (κ3) is 3.63. The van der Waals surface area contributed by atoms with Crippen LogP contribution < -0.4 is 15.4 Å². The standard InChI is InChI=1S/C12H15BrN2O2/c1-17-11-5-2-8(13)6-10(11)14-7-12(16)15-9-3-4-9/h2,5-6,9,14H,3-4,7H2,1H3,(H,15,16). The van der Waals surface area contributed by atoms with Gasteiger partial charge in [0.15, 0.2) is 0 Å². The van der Waals surface area contributed by atoms with Crippen molar-refractivity contribution in [3.63, 3.8) is 0 Å². The first-order valence-electron chi connectivity index (χ1n) is 5.56. The lowest BCUT2D eigenvalue weighted by Gasteiger charge is -2.11. The Bertz CT molecular complexity index is 419. The van der Waals surface area contributed by atoms with Gasteiger partial charge in [0, 0.05) is 10.5 Å². The fraction of sp³-hybridized carbons (Fsp3) is 0.417. The Hall–Kier alpha value is -1.23. The van der Waals surface area contributed by atoms with Crippen LogP contribution in [0, 0.1) is 0 Å². The van der Waals surface area contributed by atoms with E-state index in [1.165, 1.54) is 0 Å². The van der Waals surface area contributed by atoms with Crippen molar-refractivity contribution >= 4 is 27.5 Å². The maximum Gasteiger partial charge on any atom is 0.239 e. The van der Waals surface area contributed by atoms with E-state index in [1.54, 1.807) is 7.11 Å². The summed E-state index contributed by atoms with van der Waals surface area (Å²) in [6.07, 6.45) is 2.21. The van der Waals surface area contributed by atoms with Crippen molar-refractivity contribution in [3.8, 4) is 5.75 Å². The highest BCUT2D eigenvalue weighted by atomic mass is 79.9. The number of carbonyl (C=O) groups excluding carboxylic acids is 1. The zero-order chi connectivity index (χ0) is 12.3. The van der Waals surface area contributed by atoms with Gasteiger partial charge in [0.05, 0.1) is 19.3 Å². The molecule has 0 saturated heterocycles. The molecule has 1 aromatic rings. The molecule has 92 valence electrons. The number of ether oxygens (including phenoxy) is 1. The molecule has 0 unspecified atom stereocenters. The molecule has 0 heterocycles. The average Bonchev–Trinajstić information content (AvgIpc) is 3.10. The number of hydrogen-bond donors (Lipinski definition) is 2. The minimum Gasteiger partial charge on any atom is -0.495 e. The quantitative estimate of drug-likeness (QED) is 0.876. The predicted octanol–water partition coefficient (Wildman–Crippen LogP) is 2.15. The van der Waals surface area contributed by atoms with Crippen molar-refractivity contribution < 1.29 is 9.53 Å². The Kier molecular flexibility index (Phi) is 3.89. The number of nitrogens with one attached hydrogen (secondary N) is 2. The van der Waals surface area contributed by atoms with Crippen molar-refractivity contribution in [3.05, 3.63) is 22.7 Å². The van der Waals surface area contributed by atoms with Crippen LogP contribution in [-0.2, 0) is 4.79 Å². The second-order valence-electron chi connectivity index (χ2n) is 4.04. The number of benzene rings is 1. The molecule has 0 spiro atoms. The summed E-state index contributed by atoms with van der Waals surface area (Å²) < 4.78 is 6.16. The average molecular weight is 299 g/mol. The summed E-state index contributed by atoms with van der Waals surface area (Å²) in [7, 11) is 1.61. The number of anilines is 1. The first-order chi connectivity index (χ1) is 8.19. The Balaban J connectivity index is 1.92. The summed E-state index contributed by atoms with van der Waals surface area (Å²) in [5, 5.41) is 5.99. The van der Waals surface area contributed by atoms with E-state index in [1.807, 2.05) is 18.2 Å². The van der Waals surface area contributed by atoms with Crippen LogP contribution in [0.4, 0.5) is 5.69 Å². The Morgan fingerprint density at radius 3 is 2.94 bits per heavy atom. The van der Waals surface area contributed by atoms with E-state index < -0.39 is 0 Å². The highest BCUT2D eigenvalue weighted by molar-refractivity contribution is 9.10. The molecule has 1 aliphatic rings. The molecule has 1 saturated carbocycles. The summed E-state index contributed by atoms with van der Waals surface area (Å²) in [5.74, 6) is 0.752. The van der Waals surface area contributed by atoms with Crippen molar-refractivity contribution in [1.29, 1.82) is 0 Å². The molecule has 0 radical (unpaired) electrons. The Labute approximate surface area is 109 Å². The Morgan fingerprint density at radius 1 is 1.53 bits per heavy atom. The van der Waals surface area contributed by atoms with Crippen molar-refractivity contribution in [2.24, 2.45) is 0 Å². The lowest BCUT2D eigenvalue weighted by Crippen LogP contribution is -2.31. The number of rotatable bonds is 5. The Morgan fingerprint density at radius 2 is 2.29 bits per heavy atom. The highest BCUT2D eigenvalue weighted by Gasteiger charge is 2.22. The normalized spacial score (nSPS) is 14.2. The summed E-state index contributed by atoms with van der Waals surface area (Å²) in [4.78, 5) is 11.5. The third-order valence-corrected chi connectivity index (χ3v) is 3.04. The minimum atomic E-state index is 0.0227. The molecule has 0 aliphatic heterocycles. The van der Waals surface area contributed by atoms with E-state index in [2.05, 4.69) is 26.6 Å². The van der Waals surface area contributed by atoms with Crippen LogP contribution in [0.1, 0.15) is 12.8 Å². The maximum atomic E-state index is 11.5. The van der Waals surface area contributed by atoms with Crippen LogP contribution in [0.3, 0.4) is 0 Å². The monoisotopic (exact) mass is 298 g/mol. The number of carbonyl (C=O) groups is 1. The SMILES string of the molecule is COc1ccc(Br)cc1NCC(=O)NC1CC1. The summed E-state index contributed by atoms with van der Waals surface area (Å²) >= 11 is 3.39. The predicted molar refractivity (Wildman–Crippen MR) is 70.3 cm³/mol. The number of halogens is 1. The molecule has 17 heavy (non-hydrogen) atoms. The fourth-order valence-electron chi connectivity index (χ4n) is 1.50. The zero-order valence-corrected chi connectivity index (χ0v) is 11.2. The summed E-state index contributed by atoms with van der Waals surface area (Å²) in [6, 6.07) is 6.04. The van der Waals surface area contributed by atoms with Gasteiger partial charge in [-0.3, -0.25) is 4.79 Å². The van der Waals surface area contributed by atoms with E-state index in [0.29, 0.717) is 6.04 Å². The second kappa shape index (κ2) is 5.40. The van der Waals surface area contributed by atoms with Gasteiger partial charge in [-0.1, -0.05) is 15.9 Å². The topological polar surface area (TPSA) is 50.4 Å². The van der Waals surface area contributed by atoms with Crippen molar-refractivity contribution in [2.75, 3.05) is 19.0 Å². The fourth-order valence-corrected chi connectivity index (χ4v) is 1.86. The van der Waals surface area contributed by atoms with Crippen molar-refractivity contribution in [1.82, 2.24) is 5.32 Å². The number of hydrogen-bond acceptors (Lipinski definition) is 3. The molecule has 1 fully saturated rings. The largest absolute Gasteiger partial charge is 0.495 e. The van der Waals surface area contributed by atoms with Crippen LogP contribution in [0.2, 0.25) is 0 Å². The van der Waals surface area contributed by atoms with Gasteiger partial charge in [-0.05, 0) is 31.0 Å². The molecule has 1 aromatic carbocycles. The van der Waals surface area contributed by atoms with Crippen LogP contribution >= 0.6 is 15.9 Å². The first-order valence-corrected chi connectivity index (χ1v) is 6.35. The van der Waals surface area contributed by atoms with E-state index in [-0.39, 0.29) is 12.5 Å². The van der Waals surface area contributed by atoms with Crippen LogP contribution in [-0.4, -0.2) is 25.6 Å². The van der Waals surface area contributed by atoms with Crippen LogP contribution in [0.15, 0.2) is 22.7 Å². The lowest BCUT2D eigenvalue weighted by atomic mass is 10.3. The van der Waals surface area contributed by atoms with Crippen LogP contribution in [0.25, 0.3) is 0 Å². The first kappa shape index (κ1) is 12.2. The molecular weight excluding hydrogens is 284 g/mol. The maximum absolute atomic E-state index is 11.5. The lowest BCUT2D eigenvalue weighted by molar-refractivity contribution is -0.119. The van der Waals surface area contributed by atoms with Gasteiger partial charge in [-0.15, -0.1) is 0 Å². The molecule has 4 nitrogen and oxygen atoms in total. The third-order valence-electron chi connectivity index (χ3n) is 2.54. The molecule has 2 N–H and O–H groups in total. The van der Waals surface area contributed by atoms with Gasteiger partial charge < -0.3 is 15.4 Å². The molecule has 0 aromatic heterocycles. The van der Waals surface area contributed by atoms with Crippen molar-refractivity contribution in [2.45, 2.75) is 18.9 Å². The van der Waals surface area contributed by atoms with Gasteiger partial charge in [0.25, 0.3) is 0 Å². The smallest absolute Gasteiger partial charge is 0.239 e. The number of amides is 1. The molecule has 2 rings (SSSR count). The van der Waals surface area contributed by atoms with Crippen LogP contribution in [0.5, 0.6) is 5.75 Å². The molecule has 1 amide bonds. The second-order valence-corrected chi connectivity index (χ2v) is 4.96. The van der Waals surface area contributed by atoms with Gasteiger partial charge in [-0.2, -0.15) is 0 Å². The molecule has 1 aliphatic carbocycles. The van der Waals surface area contributed by atoms with Gasteiger partial charge in [-0.25, -0.2) is 0 Å². The number of methoxy groups -OCH3 is 1. The van der Waals surface area contributed by atoms with E-state index in [4.69, 9.17) is 4.74 Å². The van der Waals surface area contributed by atoms with Gasteiger partial charge in [0.1, 0.15) is 5.75 Å². The molecular formula is C12H15BrN2O2. The molecule has 0 bridgehead atoms. The highest BCUT2D eigenvalue weighted by Crippen LogP contribution is 2.27. The van der Waals surface area contributed by atoms with Gasteiger partial charge in [0.2, 0.25) is 5.91 Å². The van der Waals surface area contributed by atoms with E-state index in [9.17, 15) is 4.79 Å².